The van der Waals surface area contributed by atoms with Gasteiger partial charge in [0.15, 0.2) is 5.78 Å². The van der Waals surface area contributed by atoms with Gasteiger partial charge in [0.25, 0.3) is 0 Å². The van der Waals surface area contributed by atoms with Gasteiger partial charge in [0.05, 0.1) is 8.46 Å². The predicted molar refractivity (Wildman–Crippen MR) is 26.0 cm³/mol. The molecule has 0 aliphatic rings. The van der Waals surface area contributed by atoms with Gasteiger partial charge in [0.1, 0.15) is 0 Å². The second kappa shape index (κ2) is 2.77. The molecule has 0 amide bonds. The van der Waals surface area contributed by atoms with E-state index in [4.69, 9.17) is 10.8 Å². The van der Waals surface area contributed by atoms with E-state index in [9.17, 15) is 9.36 Å². The van der Waals surface area contributed by atoms with Crippen LogP contribution in [0.25, 0.3) is 0 Å². The molecule has 0 bridgehead atoms. The zero-order valence-corrected chi connectivity index (χ0v) is 4.65. The van der Waals surface area contributed by atoms with E-state index in [0.29, 0.717) is 0 Å². The number of carbonyl (C=O) groups is 1. The Morgan fingerprint density at radius 2 is 2.29 bits per heavy atom. The Bertz CT molecular complexity index is 92.9. The summed E-state index contributed by atoms with van der Waals surface area (Å²) in [7, 11) is -1.37. The van der Waals surface area contributed by atoms with Crippen LogP contribution in [0.15, 0.2) is 0 Å². The molecule has 0 aromatic rings. The maximum atomic E-state index is 9.65. The standard InChI is InChI=1S/C2H6NO3P/c3-1(7-6)2(4)5/h1H,3,7H2,(H,4,5). The first-order valence-electron chi connectivity index (χ1n) is 1.62. The summed E-state index contributed by atoms with van der Waals surface area (Å²) < 4.78 is 9.65. The number of nitrogens with two attached hydrogens (primary N) is 1. The lowest BCUT2D eigenvalue weighted by atomic mass is 10.7. The first kappa shape index (κ1) is 6.66. The van der Waals surface area contributed by atoms with E-state index in [0.717, 1.165) is 0 Å². The summed E-state index contributed by atoms with van der Waals surface area (Å²) in [6.07, 6.45) is 0. The lowest BCUT2D eigenvalue weighted by molar-refractivity contribution is -0.136. The van der Waals surface area contributed by atoms with E-state index < -0.39 is 20.2 Å². The van der Waals surface area contributed by atoms with Crippen LogP contribution in [0.4, 0.5) is 0 Å². The molecule has 0 fully saturated rings. The molecule has 42 valence electrons. The molecule has 0 radical (unpaired) electrons. The smallest absolute Gasteiger partial charge is 0.327 e. The molecule has 0 saturated carbocycles. The van der Waals surface area contributed by atoms with Crippen molar-refractivity contribution in [1.82, 2.24) is 0 Å². The monoisotopic (exact) mass is 123 g/mol. The molecule has 0 aliphatic carbocycles. The number of aliphatic carboxylic acids is 1. The van der Waals surface area contributed by atoms with Crippen molar-refractivity contribution in [3.05, 3.63) is 0 Å². The van der Waals surface area contributed by atoms with Crippen molar-refractivity contribution in [3.8, 4) is 0 Å². The predicted octanol–water partition coefficient (Wildman–Crippen LogP) is -0.888. The third kappa shape index (κ3) is 2.37. The lowest BCUT2D eigenvalue weighted by Gasteiger charge is -1.90. The van der Waals surface area contributed by atoms with Crippen LogP contribution in [0.1, 0.15) is 0 Å². The van der Waals surface area contributed by atoms with Crippen LogP contribution in [0, 0.1) is 0 Å². The van der Waals surface area contributed by atoms with E-state index in [1.54, 1.807) is 0 Å². The second-order valence-corrected chi connectivity index (χ2v) is 1.99. The molecule has 0 aliphatic heterocycles. The third-order valence-electron chi connectivity index (χ3n) is 0.432. The van der Waals surface area contributed by atoms with Crippen molar-refractivity contribution in [2.24, 2.45) is 5.73 Å². The molecule has 0 rings (SSSR count). The van der Waals surface area contributed by atoms with Gasteiger partial charge >= 0.3 is 5.97 Å². The fraction of sp³-hybridized carbons (Fsp3) is 0.500. The van der Waals surface area contributed by atoms with Crippen LogP contribution in [-0.2, 0) is 9.36 Å². The van der Waals surface area contributed by atoms with Gasteiger partial charge in [-0.2, -0.15) is 0 Å². The molecular weight excluding hydrogens is 117 g/mol. The van der Waals surface area contributed by atoms with Crippen molar-refractivity contribution in [3.63, 3.8) is 0 Å². The highest BCUT2D eigenvalue weighted by Gasteiger charge is 2.05. The van der Waals surface area contributed by atoms with Crippen molar-refractivity contribution in [1.29, 1.82) is 0 Å². The SMILES string of the molecule is NC([PH2]=O)C(=O)O. The molecule has 3 N–H and O–H groups in total. The minimum absolute atomic E-state index is 1.15. The molecule has 0 aromatic heterocycles. The van der Waals surface area contributed by atoms with Crippen molar-refractivity contribution >= 4 is 14.4 Å². The fourth-order valence-corrected chi connectivity index (χ4v) is 0.175. The summed E-state index contributed by atoms with van der Waals surface area (Å²) >= 11 is 0. The number of rotatable bonds is 2. The molecule has 0 aromatic carbocycles. The Hall–Kier alpha value is -0.340. The maximum Gasteiger partial charge on any atom is 0.327 e. The molecular formula is C2H6NO3P. The van der Waals surface area contributed by atoms with Gasteiger partial charge in [0.2, 0.25) is 0 Å². The maximum absolute atomic E-state index is 9.65. The summed E-state index contributed by atoms with van der Waals surface area (Å²) in [5.41, 5.74) is 4.74. The summed E-state index contributed by atoms with van der Waals surface area (Å²) in [5, 5.41) is 7.88. The molecule has 2 atom stereocenters. The van der Waals surface area contributed by atoms with Crippen LogP contribution >= 0.6 is 8.46 Å². The Labute approximate surface area is 41.5 Å². The van der Waals surface area contributed by atoms with Gasteiger partial charge in [-0.15, -0.1) is 0 Å². The van der Waals surface area contributed by atoms with E-state index >= 15 is 0 Å². The fourth-order valence-electron chi connectivity index (χ4n) is 0.0582. The molecule has 7 heavy (non-hydrogen) atoms. The zero-order valence-electron chi connectivity index (χ0n) is 3.50. The van der Waals surface area contributed by atoms with Gasteiger partial charge in [-0.1, -0.05) is 0 Å². The van der Waals surface area contributed by atoms with E-state index in [1.165, 1.54) is 0 Å². The minimum Gasteiger partial charge on any atom is -0.480 e. The Morgan fingerprint density at radius 1 is 1.86 bits per heavy atom. The molecule has 2 unspecified atom stereocenters. The average Bonchev–Trinajstić information content (AvgIpc) is 1.65. The minimum atomic E-state index is -1.37. The Morgan fingerprint density at radius 3 is 2.29 bits per heavy atom. The summed E-state index contributed by atoms with van der Waals surface area (Å²) in [4.78, 5) is 9.63. The molecule has 4 nitrogen and oxygen atoms in total. The number of hydrogen-bond acceptors (Lipinski definition) is 3. The highest BCUT2D eigenvalue weighted by Crippen LogP contribution is 1.96. The van der Waals surface area contributed by atoms with Gasteiger partial charge in [-0.25, -0.2) is 0 Å². The van der Waals surface area contributed by atoms with E-state index in [-0.39, 0.29) is 0 Å². The van der Waals surface area contributed by atoms with Crippen LogP contribution in [0.5, 0.6) is 0 Å². The summed E-state index contributed by atoms with van der Waals surface area (Å²) in [6.45, 7) is 0. The van der Waals surface area contributed by atoms with Gasteiger partial charge in [-0.05, 0) is 0 Å². The molecule has 0 spiro atoms. The molecule has 5 heteroatoms. The van der Waals surface area contributed by atoms with Crippen molar-refractivity contribution in [2.45, 2.75) is 5.78 Å². The van der Waals surface area contributed by atoms with Crippen LogP contribution in [0.3, 0.4) is 0 Å². The first-order chi connectivity index (χ1) is 3.18. The molecule has 0 saturated heterocycles. The van der Waals surface area contributed by atoms with Crippen molar-refractivity contribution in [2.75, 3.05) is 0 Å². The number of carboxylic acids is 1. The second-order valence-electron chi connectivity index (χ2n) is 1.00. The highest BCUT2D eigenvalue weighted by atomic mass is 31.1. The largest absolute Gasteiger partial charge is 0.480 e. The average molecular weight is 123 g/mol. The number of hydrogen-bond donors (Lipinski definition) is 2. The van der Waals surface area contributed by atoms with Crippen LogP contribution in [-0.4, -0.2) is 16.9 Å². The first-order valence-corrected chi connectivity index (χ1v) is 2.76. The third-order valence-corrected chi connectivity index (χ3v) is 1.01. The van der Waals surface area contributed by atoms with E-state index in [2.05, 4.69) is 0 Å². The van der Waals surface area contributed by atoms with E-state index in [1.807, 2.05) is 0 Å². The topological polar surface area (TPSA) is 80.4 Å². The summed E-state index contributed by atoms with van der Waals surface area (Å²) in [5.74, 6) is -2.36. The van der Waals surface area contributed by atoms with Gasteiger partial charge in [-0.3, -0.25) is 4.79 Å². The van der Waals surface area contributed by atoms with Crippen LogP contribution < -0.4 is 5.73 Å². The molecule has 0 heterocycles. The normalized spacial score (nSPS) is 15.0. The zero-order chi connectivity index (χ0) is 5.86. The quantitative estimate of drug-likeness (QED) is 0.467. The summed E-state index contributed by atoms with van der Waals surface area (Å²) in [6, 6.07) is 0. The van der Waals surface area contributed by atoms with Crippen LogP contribution in [0.2, 0.25) is 0 Å². The lowest BCUT2D eigenvalue weighted by Crippen LogP contribution is -2.22. The highest BCUT2D eigenvalue weighted by molar-refractivity contribution is 7.26. The Balaban J connectivity index is 3.55. The van der Waals surface area contributed by atoms with Gasteiger partial charge < -0.3 is 15.4 Å². The van der Waals surface area contributed by atoms with Crippen molar-refractivity contribution < 1.29 is 14.5 Å². The number of carboxylic acid groups (broad SMARTS) is 1. The Kier molecular flexibility index (Phi) is 2.64. The van der Waals surface area contributed by atoms with Gasteiger partial charge in [0, 0.05) is 0 Å².